The number of amides is 3. The van der Waals surface area contributed by atoms with E-state index >= 15 is 0 Å². The smallest absolute Gasteiger partial charge is 0.305 e. The van der Waals surface area contributed by atoms with Crippen LogP contribution in [0.5, 0.6) is 5.75 Å². The summed E-state index contributed by atoms with van der Waals surface area (Å²) in [6.07, 6.45) is 3.25. The molecule has 0 spiro atoms. The summed E-state index contributed by atoms with van der Waals surface area (Å²) in [6, 6.07) is 21.2. The van der Waals surface area contributed by atoms with E-state index in [0.717, 1.165) is 46.2 Å². The number of anilines is 1. The molecule has 5 N–H and O–H groups in total. The molecule has 0 fully saturated rings. The van der Waals surface area contributed by atoms with Crippen molar-refractivity contribution in [2.24, 2.45) is 5.92 Å². The molecule has 15 nitrogen and oxygen atoms in total. The average Bonchev–Trinajstić information content (AvgIpc) is 3.24. The zero-order chi connectivity index (χ0) is 44.5. The van der Waals surface area contributed by atoms with E-state index in [2.05, 4.69) is 40.1 Å². The number of benzene rings is 3. The Morgan fingerprint density at radius 2 is 1.39 bits per heavy atom. The van der Waals surface area contributed by atoms with E-state index in [1.807, 2.05) is 67.6 Å². The van der Waals surface area contributed by atoms with Gasteiger partial charge in [-0.05, 0) is 77.9 Å². The van der Waals surface area contributed by atoms with Crippen molar-refractivity contribution in [3.8, 4) is 16.9 Å². The highest BCUT2D eigenvalue weighted by atomic mass is 16.6. The fourth-order valence-corrected chi connectivity index (χ4v) is 6.47. The quantitative estimate of drug-likeness (QED) is 0.0394. The van der Waals surface area contributed by atoms with Crippen molar-refractivity contribution >= 4 is 40.3 Å². The third kappa shape index (κ3) is 18.2. The number of carboxylic acids is 1. The van der Waals surface area contributed by atoms with Crippen LogP contribution in [0.4, 0.5) is 5.82 Å². The van der Waals surface area contributed by atoms with Gasteiger partial charge in [0.2, 0.25) is 17.7 Å². The second-order valence-corrected chi connectivity index (χ2v) is 15.2. The van der Waals surface area contributed by atoms with Crippen LogP contribution >= 0.6 is 0 Å². The van der Waals surface area contributed by atoms with E-state index in [1.54, 1.807) is 18.3 Å². The van der Waals surface area contributed by atoms with Gasteiger partial charge in [0.25, 0.3) is 0 Å². The normalized spacial score (nSPS) is 12.1. The minimum atomic E-state index is -1.10. The third-order valence-electron chi connectivity index (χ3n) is 9.67. The van der Waals surface area contributed by atoms with Crippen LogP contribution in [0.15, 0.2) is 79.0 Å². The Balaban J connectivity index is 1.23. The van der Waals surface area contributed by atoms with Crippen molar-refractivity contribution in [1.82, 2.24) is 20.9 Å². The molecule has 336 valence electrons. The van der Waals surface area contributed by atoms with E-state index in [1.165, 1.54) is 6.92 Å². The van der Waals surface area contributed by atoms with Gasteiger partial charge < -0.3 is 50.1 Å². The molecule has 1 heterocycles. The molecule has 15 heteroatoms. The van der Waals surface area contributed by atoms with Crippen LogP contribution in [0.1, 0.15) is 63.6 Å². The Hall–Kier alpha value is -5.61. The van der Waals surface area contributed by atoms with Gasteiger partial charge in [-0.2, -0.15) is 0 Å². The first kappa shape index (κ1) is 49.0. The van der Waals surface area contributed by atoms with Crippen LogP contribution in [0, 0.1) is 12.8 Å². The second-order valence-electron chi connectivity index (χ2n) is 15.2. The number of aromatic nitrogens is 1. The molecular formula is C47H63N5O10. The van der Waals surface area contributed by atoms with Crippen LogP contribution in [0.2, 0.25) is 0 Å². The summed E-state index contributed by atoms with van der Waals surface area (Å²) in [6.45, 7) is 12.3. The second kappa shape index (κ2) is 27.4. The lowest BCUT2D eigenvalue weighted by atomic mass is 9.95. The van der Waals surface area contributed by atoms with Crippen LogP contribution in [-0.4, -0.2) is 112 Å². The van der Waals surface area contributed by atoms with Crippen LogP contribution in [0.3, 0.4) is 0 Å². The summed E-state index contributed by atoms with van der Waals surface area (Å²) < 4.78 is 28.4. The van der Waals surface area contributed by atoms with Gasteiger partial charge in [0.15, 0.2) is 0 Å². The molecule has 2 atom stereocenters. The number of aliphatic carboxylic acids is 1. The molecule has 1 aromatic heterocycles. The molecule has 1 unspecified atom stereocenters. The van der Waals surface area contributed by atoms with Gasteiger partial charge >= 0.3 is 5.97 Å². The number of fused-ring (bicyclic) bond motifs is 1. The van der Waals surface area contributed by atoms with Crippen molar-refractivity contribution in [3.63, 3.8) is 0 Å². The molecule has 0 aliphatic heterocycles. The fraction of sp³-hybridized carbons (Fsp3) is 0.468. The van der Waals surface area contributed by atoms with Gasteiger partial charge in [0, 0.05) is 31.7 Å². The first-order valence-corrected chi connectivity index (χ1v) is 21.3. The Labute approximate surface area is 364 Å². The van der Waals surface area contributed by atoms with Gasteiger partial charge in [-0.3, -0.25) is 19.2 Å². The summed E-state index contributed by atoms with van der Waals surface area (Å²) in [4.78, 5) is 54.0. The fourth-order valence-electron chi connectivity index (χ4n) is 6.47. The summed E-state index contributed by atoms with van der Waals surface area (Å²) in [5, 5.41) is 22.7. The molecule has 4 aromatic rings. The number of ether oxygens (including phenoxy) is 5. The number of pyridine rings is 1. The lowest BCUT2D eigenvalue weighted by Crippen LogP contribution is -2.49. The predicted octanol–water partition coefficient (Wildman–Crippen LogP) is 5.85. The summed E-state index contributed by atoms with van der Waals surface area (Å²) in [5.74, 6) is -0.501. The highest BCUT2D eigenvalue weighted by Crippen LogP contribution is 2.35. The van der Waals surface area contributed by atoms with Crippen molar-refractivity contribution in [2.75, 3.05) is 77.9 Å². The van der Waals surface area contributed by atoms with E-state index < -0.39 is 36.4 Å². The molecule has 0 radical (unpaired) electrons. The first-order chi connectivity index (χ1) is 30.0. The number of carbonyl (C=O) groups excluding carboxylic acids is 3. The zero-order valence-electron chi connectivity index (χ0n) is 36.4. The number of nitrogens with one attached hydrogen (secondary N) is 4. The first-order valence-electron chi connectivity index (χ1n) is 21.3. The number of carbonyl (C=O) groups is 4. The summed E-state index contributed by atoms with van der Waals surface area (Å²) in [7, 11) is 0. The van der Waals surface area contributed by atoms with Crippen molar-refractivity contribution in [1.29, 1.82) is 0 Å². The Kier molecular flexibility index (Phi) is 21.6. The number of carboxylic acid groups (broad SMARTS) is 1. The van der Waals surface area contributed by atoms with E-state index in [4.69, 9.17) is 23.7 Å². The van der Waals surface area contributed by atoms with Crippen LogP contribution < -0.4 is 26.0 Å². The molecule has 0 saturated carbocycles. The standard InChI is InChI=1S/C47H63N5O10/c1-33(2)18-21-58-22-23-59-24-25-60-26-27-61-28-29-62-43-16-15-38(39-8-5-6-9-40(39)43)36-11-13-37(14-12-36)42(31-46(55)56)52-45(54)32-50-47(57)41(51-35(4)53)10-7-19-48-44-30-34(3)17-20-49-44/h5-6,8-9,11-17,20,30,33,41-42H,7,10,18-19,21-29,31-32H2,1-4H3,(H,48,49)(H,50,57)(H,51,53)(H,52,54)(H,55,56)/t41-,42?/m0/s1. The number of hydrogen-bond donors (Lipinski definition) is 5. The highest BCUT2D eigenvalue weighted by molar-refractivity contribution is 6.00. The Morgan fingerprint density at radius 1 is 0.742 bits per heavy atom. The summed E-state index contributed by atoms with van der Waals surface area (Å²) in [5.41, 5.74) is 3.49. The number of hydrogen-bond acceptors (Lipinski definition) is 11. The molecule has 0 aliphatic rings. The van der Waals surface area contributed by atoms with E-state index in [0.29, 0.717) is 89.5 Å². The maximum atomic E-state index is 13.0. The van der Waals surface area contributed by atoms with Crippen molar-refractivity contribution in [2.45, 2.75) is 65.5 Å². The maximum absolute atomic E-state index is 13.0. The van der Waals surface area contributed by atoms with E-state index in [-0.39, 0.29) is 12.3 Å². The minimum Gasteiger partial charge on any atom is -0.491 e. The number of rotatable bonds is 30. The highest BCUT2D eigenvalue weighted by Gasteiger charge is 2.22. The molecule has 0 saturated heterocycles. The van der Waals surface area contributed by atoms with E-state index in [9.17, 15) is 24.3 Å². The lowest BCUT2D eigenvalue weighted by molar-refractivity contribution is -0.138. The van der Waals surface area contributed by atoms with Gasteiger partial charge in [0.05, 0.1) is 65.3 Å². The maximum Gasteiger partial charge on any atom is 0.305 e. The SMILES string of the molecule is CC(=O)N[C@@H](CCCNc1cc(C)ccn1)C(=O)NCC(=O)NC(CC(=O)O)c1ccc(-c2ccc(OCCOCCOCCOCCOCCC(C)C)c3ccccc23)cc1. The van der Waals surface area contributed by atoms with Gasteiger partial charge in [-0.1, -0.05) is 68.4 Å². The lowest BCUT2D eigenvalue weighted by Gasteiger charge is -2.20. The minimum absolute atomic E-state index is 0.323. The largest absolute Gasteiger partial charge is 0.491 e. The van der Waals surface area contributed by atoms with Gasteiger partial charge in [-0.15, -0.1) is 0 Å². The van der Waals surface area contributed by atoms with Crippen molar-refractivity contribution in [3.05, 3.63) is 90.1 Å². The van der Waals surface area contributed by atoms with Gasteiger partial charge in [-0.25, -0.2) is 4.98 Å². The number of nitrogens with zero attached hydrogens (tertiary/aromatic N) is 1. The third-order valence-corrected chi connectivity index (χ3v) is 9.67. The average molecular weight is 858 g/mol. The predicted molar refractivity (Wildman–Crippen MR) is 238 cm³/mol. The molecule has 62 heavy (non-hydrogen) atoms. The molecule has 3 amide bonds. The van der Waals surface area contributed by atoms with Gasteiger partial charge in [0.1, 0.15) is 24.2 Å². The molecule has 3 aromatic carbocycles. The zero-order valence-corrected chi connectivity index (χ0v) is 36.4. The molecule has 4 rings (SSSR count). The number of aryl methyl sites for hydroxylation is 1. The molecule has 0 bridgehead atoms. The Bertz CT molecular complexity index is 1990. The van der Waals surface area contributed by atoms with Crippen molar-refractivity contribution < 1.29 is 48.0 Å². The summed E-state index contributed by atoms with van der Waals surface area (Å²) >= 11 is 0. The Morgan fingerprint density at radius 3 is 2.02 bits per heavy atom. The monoisotopic (exact) mass is 857 g/mol. The van der Waals surface area contributed by atoms with Crippen LogP contribution in [-0.2, 0) is 38.1 Å². The van der Waals surface area contributed by atoms with Crippen LogP contribution in [0.25, 0.3) is 21.9 Å². The topological polar surface area (TPSA) is 196 Å². The molecule has 0 aliphatic carbocycles. The molecular weight excluding hydrogens is 795 g/mol.